The number of hydrogen-bond donors (Lipinski definition) is 1. The summed E-state index contributed by atoms with van der Waals surface area (Å²) in [7, 11) is 0. The molecule has 0 spiro atoms. The molecule has 27 heavy (non-hydrogen) atoms. The fourth-order valence-electron chi connectivity index (χ4n) is 3.05. The van der Waals surface area contributed by atoms with Crippen LogP contribution in [0.2, 0.25) is 0 Å². The Hall–Kier alpha value is -3.03. The summed E-state index contributed by atoms with van der Waals surface area (Å²) in [6, 6.07) is 17.1. The van der Waals surface area contributed by atoms with Crippen molar-refractivity contribution in [2.75, 3.05) is 11.9 Å². The lowest BCUT2D eigenvalue weighted by atomic mass is 10.1. The normalized spacial score (nSPS) is 15.6. The maximum absolute atomic E-state index is 12.8. The molecular formula is C20H17N3O3S. The fourth-order valence-corrected chi connectivity index (χ4v) is 3.59. The predicted molar refractivity (Wildman–Crippen MR) is 102 cm³/mol. The van der Waals surface area contributed by atoms with Gasteiger partial charge in [0.2, 0.25) is 0 Å². The van der Waals surface area contributed by atoms with Crippen LogP contribution in [0.1, 0.15) is 27.7 Å². The zero-order valence-electron chi connectivity index (χ0n) is 14.4. The molecule has 1 aromatic heterocycles. The van der Waals surface area contributed by atoms with E-state index in [0.717, 1.165) is 11.1 Å². The number of benzene rings is 2. The Morgan fingerprint density at radius 3 is 2.70 bits per heavy atom. The highest BCUT2D eigenvalue weighted by Gasteiger charge is 2.37. The summed E-state index contributed by atoms with van der Waals surface area (Å²) < 4.78 is 5.87. The topological polar surface area (TPSA) is 71.5 Å². The van der Waals surface area contributed by atoms with Gasteiger partial charge >= 0.3 is 0 Å². The molecule has 136 valence electrons. The molecule has 2 aromatic carbocycles. The number of ether oxygens (including phenoxy) is 1. The van der Waals surface area contributed by atoms with Crippen LogP contribution < -0.4 is 5.32 Å². The Kier molecular flexibility index (Phi) is 4.95. The first-order valence-electron chi connectivity index (χ1n) is 8.47. The molecular weight excluding hydrogens is 362 g/mol. The quantitative estimate of drug-likeness (QED) is 0.712. The molecule has 7 heteroatoms. The summed E-state index contributed by atoms with van der Waals surface area (Å²) in [6.45, 7) is 0.240. The molecule has 0 fully saturated rings. The largest absolute Gasteiger partial charge is 0.344 e. The molecule has 1 N–H and O–H groups in total. The van der Waals surface area contributed by atoms with Crippen molar-refractivity contribution in [3.05, 3.63) is 82.9 Å². The number of amides is 2. The lowest BCUT2D eigenvalue weighted by Crippen LogP contribution is -2.31. The van der Waals surface area contributed by atoms with Crippen LogP contribution >= 0.6 is 11.3 Å². The Bertz CT molecular complexity index is 944. The number of aromatic nitrogens is 1. The van der Waals surface area contributed by atoms with Gasteiger partial charge in [0.25, 0.3) is 11.8 Å². The number of thiazole rings is 1. The van der Waals surface area contributed by atoms with Gasteiger partial charge in [-0.25, -0.2) is 4.98 Å². The number of rotatable bonds is 6. The molecule has 2 heterocycles. The van der Waals surface area contributed by atoms with Gasteiger partial charge < -0.3 is 9.64 Å². The minimum absolute atomic E-state index is 0.0974. The van der Waals surface area contributed by atoms with Gasteiger partial charge in [0, 0.05) is 29.2 Å². The van der Waals surface area contributed by atoms with Crippen molar-refractivity contribution >= 4 is 28.3 Å². The van der Waals surface area contributed by atoms with Crippen LogP contribution in [0.4, 0.5) is 5.13 Å². The van der Waals surface area contributed by atoms with Gasteiger partial charge in [-0.15, -0.1) is 11.3 Å². The Morgan fingerprint density at radius 1 is 1.15 bits per heavy atom. The summed E-state index contributed by atoms with van der Waals surface area (Å²) >= 11 is 1.34. The van der Waals surface area contributed by atoms with Crippen LogP contribution in [0, 0.1) is 0 Å². The van der Waals surface area contributed by atoms with Crippen LogP contribution in [0.25, 0.3) is 0 Å². The predicted octanol–water partition coefficient (Wildman–Crippen LogP) is 3.45. The maximum Gasteiger partial charge on any atom is 0.256 e. The van der Waals surface area contributed by atoms with Crippen molar-refractivity contribution in [1.82, 2.24) is 9.88 Å². The van der Waals surface area contributed by atoms with Crippen molar-refractivity contribution in [3.63, 3.8) is 0 Å². The number of hydrogen-bond acceptors (Lipinski definition) is 5. The third-order valence-corrected chi connectivity index (χ3v) is 4.94. The van der Waals surface area contributed by atoms with Crippen LogP contribution in [0.15, 0.2) is 66.2 Å². The molecule has 2 amide bonds. The van der Waals surface area contributed by atoms with Gasteiger partial charge in [0.05, 0.1) is 0 Å². The first kappa shape index (κ1) is 17.4. The fraction of sp³-hybridized carbons (Fsp3) is 0.150. The van der Waals surface area contributed by atoms with E-state index in [1.54, 1.807) is 22.5 Å². The van der Waals surface area contributed by atoms with Crippen LogP contribution in [-0.2, 0) is 16.1 Å². The highest BCUT2D eigenvalue weighted by molar-refractivity contribution is 7.13. The first-order valence-corrected chi connectivity index (χ1v) is 9.35. The third kappa shape index (κ3) is 3.74. The van der Waals surface area contributed by atoms with Crippen molar-refractivity contribution in [2.24, 2.45) is 0 Å². The molecule has 1 aliphatic rings. The molecule has 1 unspecified atom stereocenters. The second-order valence-corrected chi connectivity index (χ2v) is 6.95. The lowest BCUT2D eigenvalue weighted by molar-refractivity contribution is -0.126. The molecule has 1 atom stereocenters. The number of anilines is 1. The molecule has 0 aliphatic carbocycles. The first-order chi connectivity index (χ1) is 13.2. The molecule has 6 nitrogen and oxygen atoms in total. The molecule has 0 bridgehead atoms. The maximum atomic E-state index is 12.8. The average Bonchev–Trinajstić information content (AvgIpc) is 3.29. The zero-order valence-corrected chi connectivity index (χ0v) is 15.2. The minimum atomic E-state index is -0.601. The van der Waals surface area contributed by atoms with E-state index < -0.39 is 6.23 Å². The number of nitrogens with zero attached hydrogens (tertiary/aromatic N) is 2. The van der Waals surface area contributed by atoms with Crippen molar-refractivity contribution < 1.29 is 14.3 Å². The summed E-state index contributed by atoms with van der Waals surface area (Å²) in [5, 5.41) is 4.99. The van der Waals surface area contributed by atoms with E-state index in [-0.39, 0.29) is 18.4 Å². The monoisotopic (exact) mass is 379 g/mol. The van der Waals surface area contributed by atoms with Crippen molar-refractivity contribution in [2.45, 2.75) is 12.8 Å². The summed E-state index contributed by atoms with van der Waals surface area (Å²) in [6.07, 6.45) is 1.02. The van der Waals surface area contributed by atoms with E-state index in [0.29, 0.717) is 17.2 Å². The van der Waals surface area contributed by atoms with Gasteiger partial charge in [-0.3, -0.25) is 14.9 Å². The van der Waals surface area contributed by atoms with Gasteiger partial charge in [0.15, 0.2) is 11.4 Å². The summed E-state index contributed by atoms with van der Waals surface area (Å²) in [5.74, 6) is -0.402. The van der Waals surface area contributed by atoms with E-state index >= 15 is 0 Å². The van der Waals surface area contributed by atoms with E-state index in [2.05, 4.69) is 10.3 Å². The smallest absolute Gasteiger partial charge is 0.256 e. The highest BCUT2D eigenvalue weighted by Crippen LogP contribution is 2.35. The third-order valence-electron chi connectivity index (χ3n) is 4.25. The lowest BCUT2D eigenvalue weighted by Gasteiger charge is -2.25. The SMILES string of the molecule is O=C(COC1c2ccccc2C(=O)N1Cc1ccccc1)Nc1nccs1. The van der Waals surface area contributed by atoms with Crippen molar-refractivity contribution in [1.29, 1.82) is 0 Å². The van der Waals surface area contributed by atoms with Gasteiger partial charge in [-0.2, -0.15) is 0 Å². The van der Waals surface area contributed by atoms with Crippen LogP contribution in [0.5, 0.6) is 0 Å². The Labute approximate surface area is 160 Å². The molecule has 4 rings (SSSR count). The number of fused-ring (bicyclic) bond motifs is 1. The standard InChI is InChI=1S/C20H17N3O3S/c24-17(22-20-21-10-11-27-20)13-26-19-16-9-5-4-8-15(16)18(25)23(19)12-14-6-2-1-3-7-14/h1-11,19H,12-13H2,(H,21,22,24). The number of carbonyl (C=O) groups excluding carboxylic acids is 2. The highest BCUT2D eigenvalue weighted by atomic mass is 32.1. The summed E-state index contributed by atoms with van der Waals surface area (Å²) in [5.41, 5.74) is 2.39. The molecule has 3 aromatic rings. The van der Waals surface area contributed by atoms with E-state index in [1.807, 2.05) is 48.5 Å². The molecule has 1 aliphatic heterocycles. The Balaban J connectivity index is 1.51. The average molecular weight is 379 g/mol. The van der Waals surface area contributed by atoms with Gasteiger partial charge in [-0.1, -0.05) is 48.5 Å². The second kappa shape index (κ2) is 7.69. The van der Waals surface area contributed by atoms with Crippen molar-refractivity contribution in [3.8, 4) is 0 Å². The van der Waals surface area contributed by atoms with E-state index in [9.17, 15) is 9.59 Å². The molecule has 0 radical (unpaired) electrons. The van der Waals surface area contributed by atoms with Gasteiger partial charge in [-0.05, 0) is 11.6 Å². The van der Waals surface area contributed by atoms with Crippen LogP contribution in [-0.4, -0.2) is 28.3 Å². The van der Waals surface area contributed by atoms with Crippen LogP contribution in [0.3, 0.4) is 0 Å². The Morgan fingerprint density at radius 2 is 1.93 bits per heavy atom. The molecule has 0 saturated carbocycles. The number of carbonyl (C=O) groups is 2. The zero-order chi connectivity index (χ0) is 18.6. The molecule has 0 saturated heterocycles. The van der Waals surface area contributed by atoms with E-state index in [1.165, 1.54) is 11.3 Å². The second-order valence-electron chi connectivity index (χ2n) is 6.05. The van der Waals surface area contributed by atoms with E-state index in [4.69, 9.17) is 4.74 Å². The number of nitrogens with one attached hydrogen (secondary N) is 1. The van der Waals surface area contributed by atoms with Gasteiger partial charge in [0.1, 0.15) is 6.61 Å². The summed E-state index contributed by atoms with van der Waals surface area (Å²) in [4.78, 5) is 30.7. The minimum Gasteiger partial charge on any atom is -0.344 e.